The monoisotopic (exact) mass is 606 g/mol. The molecule has 0 aliphatic carbocycles. The van der Waals surface area contributed by atoms with E-state index in [9.17, 15) is 15.0 Å². The number of unbranched alkanes of at least 4 members (excludes halogenated alkanes) is 16. The zero-order valence-electron chi connectivity index (χ0n) is 27.8. The molecule has 2 saturated heterocycles. The molecule has 3 rings (SSSR count). The van der Waals surface area contributed by atoms with E-state index in [1.54, 1.807) is 0 Å². The lowest BCUT2D eigenvalue weighted by molar-refractivity contribution is -0.139. The molecule has 0 radical (unpaired) electrons. The van der Waals surface area contributed by atoms with Crippen LogP contribution >= 0.6 is 0 Å². The molecule has 0 amide bonds. The second kappa shape index (κ2) is 21.7. The van der Waals surface area contributed by atoms with Crippen molar-refractivity contribution < 1.29 is 29.2 Å². The van der Waals surface area contributed by atoms with E-state index in [0.29, 0.717) is 0 Å². The van der Waals surface area contributed by atoms with E-state index < -0.39 is 0 Å². The molecule has 3 heterocycles. The average Bonchev–Trinajstić information content (AvgIpc) is 3.75. The smallest absolute Gasteiger partial charge is 0.334 e. The minimum absolute atomic E-state index is 0.0524. The molecule has 2 N–H and O–H groups in total. The Hall–Kier alpha value is -0.950. The lowest BCUT2D eigenvalue weighted by Gasteiger charge is -2.24. The van der Waals surface area contributed by atoms with Crippen LogP contribution in [0.5, 0.6) is 0 Å². The third-order valence-electron chi connectivity index (χ3n) is 9.98. The van der Waals surface area contributed by atoms with Gasteiger partial charge in [0, 0.05) is 5.57 Å². The number of carbonyl (C=O) groups is 1. The van der Waals surface area contributed by atoms with E-state index in [-0.39, 0.29) is 48.7 Å². The molecule has 6 nitrogen and oxygen atoms in total. The molecule has 3 aliphatic heterocycles. The van der Waals surface area contributed by atoms with Crippen LogP contribution in [0.25, 0.3) is 0 Å². The highest BCUT2D eigenvalue weighted by Crippen LogP contribution is 2.34. The van der Waals surface area contributed by atoms with Gasteiger partial charge in [0.1, 0.15) is 6.10 Å². The van der Waals surface area contributed by atoms with Crippen LogP contribution in [0.15, 0.2) is 11.6 Å². The zero-order valence-corrected chi connectivity index (χ0v) is 27.8. The molecule has 6 heteroatoms. The molecule has 0 spiro atoms. The number of esters is 1. The maximum atomic E-state index is 11.6. The fourth-order valence-electron chi connectivity index (χ4n) is 7.25. The molecule has 43 heavy (non-hydrogen) atoms. The lowest BCUT2D eigenvalue weighted by Crippen LogP contribution is -2.33. The summed E-state index contributed by atoms with van der Waals surface area (Å²) >= 11 is 0. The SMILES string of the molecule is CCCCCCCCCCCCC(O)C1CCC(C2CCC(C(O)CCCCCCCCCCC3=CC(C)OC3=O)O2)O1. The first-order valence-electron chi connectivity index (χ1n) is 18.6. The Kier molecular flexibility index (Phi) is 18.5. The summed E-state index contributed by atoms with van der Waals surface area (Å²) < 4.78 is 17.7. The number of cyclic esters (lactones) is 1. The number of aliphatic hydroxyl groups excluding tert-OH is 2. The Morgan fingerprint density at radius 3 is 1.49 bits per heavy atom. The Balaban J connectivity index is 1.13. The lowest BCUT2D eigenvalue weighted by atomic mass is 10.00. The van der Waals surface area contributed by atoms with Gasteiger partial charge in [0.05, 0.1) is 36.6 Å². The highest BCUT2D eigenvalue weighted by Gasteiger charge is 2.40. The summed E-state index contributed by atoms with van der Waals surface area (Å²) in [5.74, 6) is -0.126. The summed E-state index contributed by atoms with van der Waals surface area (Å²) in [6.07, 6.45) is 29.9. The summed E-state index contributed by atoms with van der Waals surface area (Å²) in [5.41, 5.74) is 0.859. The van der Waals surface area contributed by atoms with E-state index >= 15 is 0 Å². The Bertz CT molecular complexity index is 768. The van der Waals surface area contributed by atoms with Crippen LogP contribution in [0.1, 0.15) is 174 Å². The van der Waals surface area contributed by atoms with Gasteiger partial charge in [-0.15, -0.1) is 0 Å². The molecule has 0 aromatic rings. The minimum atomic E-state index is -0.386. The van der Waals surface area contributed by atoms with Gasteiger partial charge >= 0.3 is 5.97 Å². The first-order chi connectivity index (χ1) is 21.0. The van der Waals surface area contributed by atoms with Crippen LogP contribution in [-0.4, -0.2) is 58.9 Å². The second-order valence-electron chi connectivity index (χ2n) is 13.9. The molecule has 2 fully saturated rings. The van der Waals surface area contributed by atoms with Crippen molar-refractivity contribution in [3.05, 3.63) is 11.6 Å². The maximum Gasteiger partial charge on any atom is 0.334 e. The zero-order chi connectivity index (χ0) is 30.7. The number of hydrogen-bond acceptors (Lipinski definition) is 6. The van der Waals surface area contributed by atoms with Crippen LogP contribution in [0, 0.1) is 0 Å². The maximum absolute atomic E-state index is 11.6. The molecule has 0 saturated carbocycles. The summed E-state index contributed by atoms with van der Waals surface area (Å²) in [4.78, 5) is 11.6. The Labute approximate surface area is 263 Å². The highest BCUT2D eigenvalue weighted by atomic mass is 16.6. The topological polar surface area (TPSA) is 85.2 Å². The largest absolute Gasteiger partial charge is 0.455 e. The van der Waals surface area contributed by atoms with Crippen molar-refractivity contribution in [2.45, 2.75) is 217 Å². The second-order valence-corrected chi connectivity index (χ2v) is 13.9. The normalized spacial score (nSPS) is 27.0. The average molecular weight is 607 g/mol. The first-order valence-corrected chi connectivity index (χ1v) is 18.6. The third kappa shape index (κ3) is 14.3. The number of aliphatic hydroxyl groups is 2. The van der Waals surface area contributed by atoms with E-state index in [1.807, 2.05) is 13.0 Å². The third-order valence-corrected chi connectivity index (χ3v) is 9.98. The van der Waals surface area contributed by atoms with E-state index in [0.717, 1.165) is 76.2 Å². The standard InChI is InChI=1S/C37H66O6/c1-3-4-5-6-7-8-9-13-16-19-22-31(38)33-24-26-35(42-33)36-27-25-34(43-36)32(39)23-20-17-14-11-10-12-15-18-21-30-28-29(2)41-37(30)40/h28-29,31-36,38-39H,3-27H2,1-2H3. The van der Waals surface area contributed by atoms with E-state index in [2.05, 4.69) is 6.92 Å². The molecule has 0 bridgehead atoms. The van der Waals surface area contributed by atoms with Crippen molar-refractivity contribution in [2.75, 3.05) is 0 Å². The van der Waals surface area contributed by atoms with Gasteiger partial charge in [-0.1, -0.05) is 116 Å². The fraction of sp³-hybridized carbons (Fsp3) is 0.919. The van der Waals surface area contributed by atoms with Gasteiger partial charge in [-0.05, 0) is 64.4 Å². The molecule has 7 unspecified atom stereocenters. The van der Waals surface area contributed by atoms with E-state index in [1.165, 1.54) is 89.9 Å². The van der Waals surface area contributed by atoms with Gasteiger partial charge in [-0.25, -0.2) is 4.79 Å². The van der Waals surface area contributed by atoms with Crippen LogP contribution in [-0.2, 0) is 19.0 Å². The summed E-state index contributed by atoms with van der Waals surface area (Å²) in [6, 6.07) is 0. The molecule has 7 atom stereocenters. The van der Waals surface area contributed by atoms with Gasteiger partial charge in [-0.2, -0.15) is 0 Å². The molecule has 0 aromatic carbocycles. The van der Waals surface area contributed by atoms with Crippen molar-refractivity contribution >= 4 is 5.97 Å². The highest BCUT2D eigenvalue weighted by molar-refractivity contribution is 5.90. The summed E-state index contributed by atoms with van der Waals surface area (Å²) in [7, 11) is 0. The van der Waals surface area contributed by atoms with Gasteiger partial charge < -0.3 is 24.4 Å². The first kappa shape index (κ1) is 36.5. The number of ether oxygens (including phenoxy) is 3. The number of rotatable bonds is 25. The van der Waals surface area contributed by atoms with Crippen LogP contribution < -0.4 is 0 Å². The van der Waals surface area contributed by atoms with Gasteiger partial charge in [0.15, 0.2) is 0 Å². The fourth-order valence-corrected chi connectivity index (χ4v) is 7.25. The van der Waals surface area contributed by atoms with Crippen LogP contribution in [0.3, 0.4) is 0 Å². The van der Waals surface area contributed by atoms with Crippen LogP contribution in [0.4, 0.5) is 0 Å². The van der Waals surface area contributed by atoms with Gasteiger partial charge in [0.2, 0.25) is 0 Å². The van der Waals surface area contributed by atoms with E-state index in [4.69, 9.17) is 14.2 Å². The van der Waals surface area contributed by atoms with Crippen molar-refractivity contribution in [3.63, 3.8) is 0 Å². The molecule has 250 valence electrons. The number of hydrogen-bond donors (Lipinski definition) is 2. The molecule has 3 aliphatic rings. The summed E-state index contributed by atoms with van der Waals surface area (Å²) in [5, 5.41) is 21.5. The van der Waals surface area contributed by atoms with Crippen molar-refractivity contribution in [3.8, 4) is 0 Å². The van der Waals surface area contributed by atoms with Gasteiger partial charge in [-0.3, -0.25) is 0 Å². The Morgan fingerprint density at radius 2 is 1.07 bits per heavy atom. The predicted octanol–water partition coefficient (Wildman–Crippen LogP) is 8.89. The number of carbonyl (C=O) groups excluding carboxylic acids is 1. The van der Waals surface area contributed by atoms with Crippen molar-refractivity contribution in [1.82, 2.24) is 0 Å². The quantitative estimate of drug-likeness (QED) is 0.0797. The molecular weight excluding hydrogens is 540 g/mol. The predicted molar refractivity (Wildman–Crippen MR) is 174 cm³/mol. The summed E-state index contributed by atoms with van der Waals surface area (Å²) in [6.45, 7) is 4.18. The molecular formula is C37H66O6. The van der Waals surface area contributed by atoms with Gasteiger partial charge in [0.25, 0.3) is 0 Å². The minimum Gasteiger partial charge on any atom is -0.455 e. The Morgan fingerprint density at radius 1 is 0.651 bits per heavy atom. The van der Waals surface area contributed by atoms with Crippen molar-refractivity contribution in [2.24, 2.45) is 0 Å². The van der Waals surface area contributed by atoms with Crippen molar-refractivity contribution in [1.29, 1.82) is 0 Å². The molecule has 0 aromatic heterocycles. The van der Waals surface area contributed by atoms with Crippen LogP contribution in [0.2, 0.25) is 0 Å².